The Labute approximate surface area is 282 Å². The highest BCUT2D eigenvalue weighted by atomic mass is 16.6. The zero-order valence-corrected chi connectivity index (χ0v) is 28.3. The van der Waals surface area contributed by atoms with E-state index in [1.54, 1.807) is 25.7 Å². The van der Waals surface area contributed by atoms with E-state index in [9.17, 15) is 24.0 Å². The third-order valence-electron chi connectivity index (χ3n) is 9.95. The van der Waals surface area contributed by atoms with E-state index in [0.29, 0.717) is 44.8 Å². The normalized spacial score (nSPS) is 29.0. The number of benzene rings is 1. The minimum atomic E-state index is -1.10. The van der Waals surface area contributed by atoms with Crippen molar-refractivity contribution >= 4 is 29.9 Å². The summed E-state index contributed by atoms with van der Waals surface area (Å²) >= 11 is 0. The lowest BCUT2D eigenvalue weighted by Crippen LogP contribution is -2.58. The number of carbonyl (C=O) groups excluding carboxylic acids is 5. The molecule has 0 spiro atoms. The molecule has 1 aromatic rings. The number of allylic oxidation sites excluding steroid dienone is 1. The van der Waals surface area contributed by atoms with Crippen molar-refractivity contribution in [3.8, 4) is 0 Å². The van der Waals surface area contributed by atoms with Crippen molar-refractivity contribution in [2.45, 2.75) is 121 Å². The number of rotatable bonds is 5. The minimum absolute atomic E-state index is 0.0137. The van der Waals surface area contributed by atoms with Crippen LogP contribution in [0, 0.1) is 11.8 Å². The van der Waals surface area contributed by atoms with Crippen LogP contribution in [0.3, 0.4) is 0 Å². The van der Waals surface area contributed by atoms with E-state index in [2.05, 4.69) is 22.0 Å². The van der Waals surface area contributed by atoms with E-state index >= 15 is 0 Å². The first kappa shape index (κ1) is 33.8. The standard InChI is InChI=1S/C36H49N5O7/c1-35(2,3)48-33(45)38-28-14-8-6-4-5-7-13-26-18-36(26,32(44)37-19-23-15-16-23)39-30(42)29-17-27(22-41(29)31(28)43)47-34(46)40-20-24-11-9-10-12-25(24)21-40/h7,9-13,23,26-29H,4-6,8,14-22H2,1-3H3,(H,37,44)(H,38,45)(H,39,42)/t26-,27-,28+,29?,36-/m1/s1. The van der Waals surface area contributed by atoms with Gasteiger partial charge in [0.2, 0.25) is 17.7 Å². The molecule has 1 unspecified atom stereocenters. The van der Waals surface area contributed by atoms with Gasteiger partial charge in [-0.2, -0.15) is 0 Å². The van der Waals surface area contributed by atoms with Crippen LogP contribution in [0.4, 0.5) is 9.59 Å². The van der Waals surface area contributed by atoms with Crippen LogP contribution < -0.4 is 16.0 Å². The van der Waals surface area contributed by atoms with Gasteiger partial charge in [-0.25, -0.2) is 9.59 Å². The van der Waals surface area contributed by atoms with Crippen LogP contribution in [0.1, 0.15) is 89.7 Å². The molecule has 0 aromatic heterocycles. The van der Waals surface area contributed by atoms with Gasteiger partial charge in [0.05, 0.1) is 6.54 Å². The van der Waals surface area contributed by atoms with Crippen molar-refractivity contribution < 1.29 is 33.4 Å². The van der Waals surface area contributed by atoms with Crippen molar-refractivity contribution in [2.75, 3.05) is 13.1 Å². The molecule has 3 fully saturated rings. The molecule has 1 aromatic carbocycles. The molecule has 12 nitrogen and oxygen atoms in total. The molecule has 5 amide bonds. The van der Waals surface area contributed by atoms with Crippen LogP contribution in [0.25, 0.3) is 0 Å². The number of fused-ring (bicyclic) bond motifs is 3. The first-order valence-electron chi connectivity index (χ1n) is 17.5. The molecule has 1 saturated heterocycles. The lowest BCUT2D eigenvalue weighted by molar-refractivity contribution is -0.141. The van der Waals surface area contributed by atoms with Gasteiger partial charge in [-0.1, -0.05) is 49.3 Å². The zero-order chi connectivity index (χ0) is 34.1. The second-order valence-corrected chi connectivity index (χ2v) is 15.1. The van der Waals surface area contributed by atoms with Crippen LogP contribution in [-0.2, 0) is 36.9 Å². The Morgan fingerprint density at radius 2 is 1.75 bits per heavy atom. The number of ether oxygens (including phenoxy) is 2. The quantitative estimate of drug-likeness (QED) is 0.405. The van der Waals surface area contributed by atoms with Gasteiger partial charge in [0.15, 0.2) is 0 Å². The molecule has 0 bridgehead atoms. The van der Waals surface area contributed by atoms with Crippen LogP contribution in [0.15, 0.2) is 36.4 Å². The van der Waals surface area contributed by atoms with Gasteiger partial charge in [0, 0.05) is 32.0 Å². The van der Waals surface area contributed by atoms with Crippen LogP contribution in [0.5, 0.6) is 0 Å². The molecule has 3 aliphatic heterocycles. The summed E-state index contributed by atoms with van der Waals surface area (Å²) in [5.74, 6) is -0.797. The summed E-state index contributed by atoms with van der Waals surface area (Å²) in [6.07, 6.45) is 8.40. The smallest absolute Gasteiger partial charge is 0.410 e. The average molecular weight is 664 g/mol. The minimum Gasteiger partial charge on any atom is -0.444 e. The second-order valence-electron chi connectivity index (χ2n) is 15.1. The third-order valence-corrected chi connectivity index (χ3v) is 9.95. The first-order chi connectivity index (χ1) is 22.9. The molecule has 0 radical (unpaired) electrons. The Bertz CT molecular complexity index is 1430. The molecule has 48 heavy (non-hydrogen) atoms. The van der Waals surface area contributed by atoms with Gasteiger partial charge < -0.3 is 30.3 Å². The predicted molar refractivity (Wildman–Crippen MR) is 176 cm³/mol. The molecule has 2 saturated carbocycles. The largest absolute Gasteiger partial charge is 0.444 e. The van der Waals surface area contributed by atoms with Crippen molar-refractivity contribution in [2.24, 2.45) is 11.8 Å². The zero-order valence-electron chi connectivity index (χ0n) is 28.3. The lowest BCUT2D eigenvalue weighted by Gasteiger charge is -2.30. The predicted octanol–water partition coefficient (Wildman–Crippen LogP) is 3.92. The molecule has 5 aliphatic rings. The molecule has 3 heterocycles. The summed E-state index contributed by atoms with van der Waals surface area (Å²) in [5.41, 5.74) is 0.246. The van der Waals surface area contributed by atoms with E-state index in [-0.39, 0.29) is 24.8 Å². The maximum atomic E-state index is 14.3. The van der Waals surface area contributed by atoms with E-state index < -0.39 is 53.3 Å². The summed E-state index contributed by atoms with van der Waals surface area (Å²) < 4.78 is 11.4. The van der Waals surface area contributed by atoms with Gasteiger partial charge >= 0.3 is 12.2 Å². The Kier molecular flexibility index (Phi) is 9.71. The second kappa shape index (κ2) is 13.8. The van der Waals surface area contributed by atoms with E-state index in [4.69, 9.17) is 9.47 Å². The fraction of sp³-hybridized carbons (Fsp3) is 0.639. The number of hydrogen-bond acceptors (Lipinski definition) is 7. The lowest BCUT2D eigenvalue weighted by atomic mass is 10.0. The Hall–Kier alpha value is -4.09. The highest BCUT2D eigenvalue weighted by molar-refractivity contribution is 5.98. The fourth-order valence-electron chi connectivity index (χ4n) is 7.01. The number of nitrogens with one attached hydrogen (secondary N) is 3. The number of nitrogens with zero attached hydrogens (tertiary/aromatic N) is 2. The Morgan fingerprint density at radius 3 is 2.44 bits per heavy atom. The molecule has 6 rings (SSSR count). The maximum absolute atomic E-state index is 14.3. The molecule has 12 heteroatoms. The van der Waals surface area contributed by atoms with Gasteiger partial charge in [-0.05, 0) is 76.3 Å². The van der Waals surface area contributed by atoms with Crippen molar-refractivity contribution in [3.63, 3.8) is 0 Å². The van der Waals surface area contributed by atoms with Crippen molar-refractivity contribution in [1.29, 1.82) is 0 Å². The first-order valence-corrected chi connectivity index (χ1v) is 17.5. The number of carbonyl (C=O) groups is 5. The third kappa shape index (κ3) is 7.95. The fourth-order valence-corrected chi connectivity index (χ4v) is 7.01. The van der Waals surface area contributed by atoms with Gasteiger partial charge in [-0.3, -0.25) is 19.3 Å². The number of hydrogen-bond donors (Lipinski definition) is 3. The molecule has 3 N–H and O–H groups in total. The van der Waals surface area contributed by atoms with E-state index in [1.165, 1.54) is 4.90 Å². The molecule has 260 valence electrons. The van der Waals surface area contributed by atoms with Crippen LogP contribution >= 0.6 is 0 Å². The highest BCUT2D eigenvalue weighted by Gasteiger charge is 2.61. The molecule has 2 aliphatic carbocycles. The van der Waals surface area contributed by atoms with E-state index in [0.717, 1.165) is 43.2 Å². The van der Waals surface area contributed by atoms with Gasteiger partial charge in [0.1, 0.15) is 29.3 Å². The van der Waals surface area contributed by atoms with Crippen molar-refractivity contribution in [1.82, 2.24) is 25.8 Å². The summed E-state index contributed by atoms with van der Waals surface area (Å²) in [6.45, 7) is 6.65. The summed E-state index contributed by atoms with van der Waals surface area (Å²) in [7, 11) is 0. The maximum Gasteiger partial charge on any atom is 0.410 e. The number of amides is 5. The van der Waals surface area contributed by atoms with Crippen LogP contribution in [-0.4, -0.2) is 82.1 Å². The van der Waals surface area contributed by atoms with Crippen molar-refractivity contribution in [3.05, 3.63) is 47.5 Å². The Morgan fingerprint density at radius 1 is 1.02 bits per heavy atom. The van der Waals surface area contributed by atoms with Gasteiger partial charge in [0.25, 0.3) is 0 Å². The van der Waals surface area contributed by atoms with Crippen LogP contribution in [0.2, 0.25) is 0 Å². The summed E-state index contributed by atoms with van der Waals surface area (Å²) in [5, 5.41) is 8.84. The highest BCUT2D eigenvalue weighted by Crippen LogP contribution is 2.46. The summed E-state index contributed by atoms with van der Waals surface area (Å²) in [6, 6.07) is 5.88. The van der Waals surface area contributed by atoms with E-state index in [1.807, 2.05) is 30.3 Å². The topological polar surface area (TPSA) is 146 Å². The SMILES string of the molecule is CC(C)(C)OC(=O)N[C@H]1CCCCCC=C[C@@H]2C[C@@]2(C(=O)NCC2CC2)NC(=O)C2C[C@@H](OC(=O)N3Cc4ccccc4C3)CN2C1=O. The monoisotopic (exact) mass is 663 g/mol. The Balaban J connectivity index is 1.22. The molecular formula is C36H49N5O7. The van der Waals surface area contributed by atoms with Gasteiger partial charge in [-0.15, -0.1) is 0 Å². The number of alkyl carbamates (subject to hydrolysis) is 1. The molecular weight excluding hydrogens is 614 g/mol. The summed E-state index contributed by atoms with van der Waals surface area (Å²) in [4.78, 5) is 71.2. The molecule has 5 atom stereocenters. The average Bonchev–Trinajstić information content (AvgIpc) is 3.89.